The Hall–Kier alpha value is -2.73. The van der Waals surface area contributed by atoms with Crippen LogP contribution in [0.1, 0.15) is 23.0 Å². The van der Waals surface area contributed by atoms with Gasteiger partial charge in [0.2, 0.25) is 5.43 Å². The second-order valence-corrected chi connectivity index (χ2v) is 6.22. The van der Waals surface area contributed by atoms with E-state index in [0.717, 1.165) is 11.6 Å². The summed E-state index contributed by atoms with van der Waals surface area (Å²) in [6, 6.07) is 11.2. The van der Waals surface area contributed by atoms with E-state index in [1.165, 1.54) is 16.8 Å². The summed E-state index contributed by atoms with van der Waals surface area (Å²) in [5.74, 6) is -1.10. The van der Waals surface area contributed by atoms with Crippen LogP contribution in [-0.4, -0.2) is 22.2 Å². The summed E-state index contributed by atoms with van der Waals surface area (Å²) in [5.41, 5.74) is 0.695. The molecule has 0 saturated heterocycles. The number of aromatic nitrogens is 2. The van der Waals surface area contributed by atoms with Crippen molar-refractivity contribution < 1.29 is 9.18 Å². The average Bonchev–Trinajstić information content (AvgIpc) is 2.64. The first-order valence-corrected chi connectivity index (χ1v) is 8.60. The van der Waals surface area contributed by atoms with Crippen LogP contribution in [0.3, 0.4) is 0 Å². The van der Waals surface area contributed by atoms with Gasteiger partial charge < -0.3 is 5.32 Å². The molecule has 0 aliphatic carbocycles. The lowest BCUT2D eigenvalue weighted by Gasteiger charge is -2.10. The Morgan fingerprint density at radius 3 is 2.65 bits per heavy atom. The first-order valence-electron chi connectivity index (χ1n) is 8.22. The fraction of sp³-hybridized carbons (Fsp3) is 0.211. The highest BCUT2D eigenvalue weighted by molar-refractivity contribution is 6.30. The molecule has 0 radical (unpaired) electrons. The monoisotopic (exact) mass is 373 g/mol. The van der Waals surface area contributed by atoms with E-state index in [9.17, 15) is 14.0 Å². The number of aryl methyl sites for hydroxylation is 1. The topological polar surface area (TPSA) is 64.0 Å². The summed E-state index contributed by atoms with van der Waals surface area (Å²) in [7, 11) is 0. The predicted molar refractivity (Wildman–Crippen MR) is 99.1 cm³/mol. The maximum Gasteiger partial charge on any atom is 0.275 e. The SMILES string of the molecule is CCn1nc(C(=O)NCCc2ccc(Cl)cc2)c(=O)c2cc(F)ccc21. The Kier molecular flexibility index (Phi) is 5.32. The van der Waals surface area contributed by atoms with Crippen molar-refractivity contribution in [1.82, 2.24) is 15.1 Å². The molecule has 26 heavy (non-hydrogen) atoms. The molecule has 1 aromatic heterocycles. The predicted octanol–water partition coefficient (Wildman–Crippen LogP) is 3.18. The second-order valence-electron chi connectivity index (χ2n) is 5.79. The average molecular weight is 374 g/mol. The third-order valence-corrected chi connectivity index (χ3v) is 4.30. The van der Waals surface area contributed by atoms with Crippen molar-refractivity contribution in [2.45, 2.75) is 19.9 Å². The van der Waals surface area contributed by atoms with Gasteiger partial charge in [-0.3, -0.25) is 14.3 Å². The van der Waals surface area contributed by atoms with E-state index < -0.39 is 17.2 Å². The minimum atomic E-state index is -0.576. The van der Waals surface area contributed by atoms with E-state index in [4.69, 9.17) is 11.6 Å². The molecule has 0 fully saturated rings. The van der Waals surface area contributed by atoms with Gasteiger partial charge in [-0.1, -0.05) is 23.7 Å². The first-order chi connectivity index (χ1) is 12.5. The minimum absolute atomic E-state index is 0.143. The van der Waals surface area contributed by atoms with Gasteiger partial charge in [0.05, 0.1) is 10.9 Å². The van der Waals surface area contributed by atoms with Crippen molar-refractivity contribution in [3.63, 3.8) is 0 Å². The molecule has 7 heteroatoms. The number of amides is 1. The summed E-state index contributed by atoms with van der Waals surface area (Å²) < 4.78 is 15.0. The molecule has 0 aliphatic heterocycles. The van der Waals surface area contributed by atoms with Gasteiger partial charge in [0.25, 0.3) is 5.91 Å². The molecule has 0 bridgehead atoms. The summed E-state index contributed by atoms with van der Waals surface area (Å²) in [6.07, 6.45) is 0.590. The Balaban J connectivity index is 1.82. The lowest BCUT2D eigenvalue weighted by molar-refractivity contribution is 0.0946. The van der Waals surface area contributed by atoms with Gasteiger partial charge in [-0.15, -0.1) is 0 Å². The van der Waals surface area contributed by atoms with Crippen molar-refractivity contribution in [3.05, 3.63) is 74.8 Å². The third kappa shape index (κ3) is 3.75. The highest BCUT2D eigenvalue weighted by atomic mass is 35.5. The lowest BCUT2D eigenvalue weighted by Crippen LogP contribution is -2.33. The largest absolute Gasteiger partial charge is 0.350 e. The Morgan fingerprint density at radius 1 is 1.23 bits per heavy atom. The maximum atomic E-state index is 13.5. The van der Waals surface area contributed by atoms with Crippen LogP contribution < -0.4 is 10.7 Å². The van der Waals surface area contributed by atoms with E-state index in [1.54, 1.807) is 12.1 Å². The Bertz CT molecular complexity index is 1020. The van der Waals surface area contributed by atoms with Crippen molar-refractivity contribution in [3.8, 4) is 0 Å². The van der Waals surface area contributed by atoms with E-state index in [0.29, 0.717) is 30.0 Å². The highest BCUT2D eigenvalue weighted by Gasteiger charge is 2.17. The molecule has 0 aliphatic rings. The summed E-state index contributed by atoms with van der Waals surface area (Å²) in [5, 5.41) is 7.62. The van der Waals surface area contributed by atoms with Crippen molar-refractivity contribution >= 4 is 28.4 Å². The number of nitrogens with zero attached hydrogens (tertiary/aromatic N) is 2. The zero-order chi connectivity index (χ0) is 18.7. The van der Waals surface area contributed by atoms with Gasteiger partial charge >= 0.3 is 0 Å². The number of fused-ring (bicyclic) bond motifs is 1. The molecule has 0 spiro atoms. The highest BCUT2D eigenvalue weighted by Crippen LogP contribution is 2.12. The molecule has 0 saturated carbocycles. The van der Waals surface area contributed by atoms with Crippen LogP contribution in [0.15, 0.2) is 47.3 Å². The van der Waals surface area contributed by atoms with Crippen LogP contribution >= 0.6 is 11.6 Å². The molecule has 1 amide bonds. The van der Waals surface area contributed by atoms with Gasteiger partial charge in [0, 0.05) is 18.1 Å². The first kappa shape index (κ1) is 18.1. The standard InChI is InChI=1S/C19H17ClFN3O2/c1-2-24-16-8-7-14(21)11-15(16)18(25)17(23-24)19(26)22-10-9-12-3-5-13(20)6-4-12/h3-8,11H,2,9-10H2,1H3,(H,22,26). The number of rotatable bonds is 5. The zero-order valence-corrected chi connectivity index (χ0v) is 14.9. The number of halogens is 2. The summed E-state index contributed by atoms with van der Waals surface area (Å²) in [4.78, 5) is 24.9. The number of benzene rings is 2. The Morgan fingerprint density at radius 2 is 1.96 bits per heavy atom. The quantitative estimate of drug-likeness (QED) is 0.747. The third-order valence-electron chi connectivity index (χ3n) is 4.04. The Labute approximate surface area is 154 Å². The molecule has 3 aromatic rings. The van der Waals surface area contributed by atoms with Crippen molar-refractivity contribution in [2.75, 3.05) is 6.54 Å². The van der Waals surface area contributed by atoms with Gasteiger partial charge in [0.15, 0.2) is 5.69 Å². The molecule has 134 valence electrons. The normalized spacial score (nSPS) is 10.9. The number of hydrogen-bond acceptors (Lipinski definition) is 3. The van der Waals surface area contributed by atoms with Crippen LogP contribution in [0.2, 0.25) is 5.02 Å². The molecular weight excluding hydrogens is 357 g/mol. The van der Waals surface area contributed by atoms with Crippen LogP contribution in [0.4, 0.5) is 4.39 Å². The number of hydrogen-bond donors (Lipinski definition) is 1. The molecule has 1 heterocycles. The molecule has 3 rings (SSSR count). The molecule has 0 atom stereocenters. The van der Waals surface area contributed by atoms with E-state index in [1.807, 2.05) is 19.1 Å². The zero-order valence-electron chi connectivity index (χ0n) is 14.1. The molecule has 1 N–H and O–H groups in total. The van der Waals surface area contributed by atoms with Crippen LogP contribution in [0.5, 0.6) is 0 Å². The van der Waals surface area contributed by atoms with E-state index >= 15 is 0 Å². The maximum absolute atomic E-state index is 13.5. The smallest absolute Gasteiger partial charge is 0.275 e. The lowest BCUT2D eigenvalue weighted by atomic mass is 10.1. The van der Waals surface area contributed by atoms with Crippen LogP contribution in [0.25, 0.3) is 10.9 Å². The van der Waals surface area contributed by atoms with E-state index in [-0.39, 0.29) is 11.1 Å². The van der Waals surface area contributed by atoms with Crippen molar-refractivity contribution in [2.24, 2.45) is 0 Å². The fourth-order valence-corrected chi connectivity index (χ4v) is 2.83. The molecule has 5 nitrogen and oxygen atoms in total. The summed E-state index contributed by atoms with van der Waals surface area (Å²) in [6.45, 7) is 2.63. The number of nitrogens with one attached hydrogen (secondary N) is 1. The van der Waals surface area contributed by atoms with Crippen LogP contribution in [-0.2, 0) is 13.0 Å². The fourth-order valence-electron chi connectivity index (χ4n) is 2.71. The molecular formula is C19H17ClFN3O2. The van der Waals surface area contributed by atoms with Gasteiger partial charge in [0.1, 0.15) is 5.82 Å². The number of carbonyl (C=O) groups excluding carboxylic acids is 1. The summed E-state index contributed by atoms with van der Waals surface area (Å²) >= 11 is 5.84. The van der Waals surface area contributed by atoms with Gasteiger partial charge in [-0.05, 0) is 49.2 Å². The van der Waals surface area contributed by atoms with Crippen molar-refractivity contribution in [1.29, 1.82) is 0 Å². The number of carbonyl (C=O) groups is 1. The molecule has 0 unspecified atom stereocenters. The molecule has 2 aromatic carbocycles. The minimum Gasteiger partial charge on any atom is -0.350 e. The van der Waals surface area contributed by atoms with E-state index in [2.05, 4.69) is 10.4 Å². The van der Waals surface area contributed by atoms with Gasteiger partial charge in [-0.25, -0.2) is 4.39 Å². The van der Waals surface area contributed by atoms with Gasteiger partial charge in [-0.2, -0.15) is 5.10 Å². The van der Waals surface area contributed by atoms with Crippen LogP contribution in [0, 0.1) is 5.82 Å². The second kappa shape index (κ2) is 7.66.